The lowest BCUT2D eigenvalue weighted by Gasteiger charge is -2.10. The molecule has 0 saturated heterocycles. The van der Waals surface area contributed by atoms with Gasteiger partial charge in [-0.25, -0.2) is 0 Å². The summed E-state index contributed by atoms with van der Waals surface area (Å²) in [6.07, 6.45) is 0. The topological polar surface area (TPSA) is 20.2 Å². The monoisotopic (exact) mass is 212 g/mol. The molecule has 0 aliphatic carbocycles. The van der Waals surface area contributed by atoms with Gasteiger partial charge in [0.1, 0.15) is 0 Å². The number of hydrogen-bond acceptors (Lipinski definition) is 1. The molecule has 2 rings (SSSR count). The van der Waals surface area contributed by atoms with Gasteiger partial charge < -0.3 is 5.11 Å². The van der Waals surface area contributed by atoms with Gasteiger partial charge in [0.05, 0.1) is 0 Å². The van der Waals surface area contributed by atoms with Gasteiger partial charge in [-0.1, -0.05) is 61.5 Å². The molecule has 0 aromatic heterocycles. The molecule has 1 unspecified atom stereocenters. The van der Waals surface area contributed by atoms with E-state index in [4.69, 9.17) is 5.11 Å². The Morgan fingerprint density at radius 2 is 1.62 bits per heavy atom. The van der Waals surface area contributed by atoms with Gasteiger partial charge in [0, 0.05) is 12.5 Å². The van der Waals surface area contributed by atoms with Gasteiger partial charge in [-0.05, 0) is 16.7 Å². The van der Waals surface area contributed by atoms with Crippen LogP contribution in [0.1, 0.15) is 18.4 Å². The quantitative estimate of drug-likeness (QED) is 0.826. The van der Waals surface area contributed by atoms with Gasteiger partial charge in [0.25, 0.3) is 0 Å². The third-order valence-electron chi connectivity index (χ3n) is 2.84. The summed E-state index contributed by atoms with van der Waals surface area (Å²) in [4.78, 5) is 0. The molecule has 82 valence electrons. The van der Waals surface area contributed by atoms with E-state index in [0.29, 0.717) is 0 Å². The second-order valence-corrected chi connectivity index (χ2v) is 4.08. The van der Waals surface area contributed by atoms with E-state index >= 15 is 0 Å². The molecule has 0 bridgehead atoms. The van der Waals surface area contributed by atoms with Crippen LogP contribution in [-0.2, 0) is 0 Å². The summed E-state index contributed by atoms with van der Waals surface area (Å²) >= 11 is 0. The molecule has 0 aliphatic rings. The first-order valence-electron chi connectivity index (χ1n) is 5.57. The number of aliphatic hydroxyl groups is 1. The minimum Gasteiger partial charge on any atom is -0.396 e. The molecule has 1 atom stereocenters. The Morgan fingerprint density at radius 1 is 0.938 bits per heavy atom. The molecule has 1 N–H and O–H groups in total. The number of aliphatic hydroxyl groups excluding tert-OH is 1. The fourth-order valence-electron chi connectivity index (χ4n) is 1.76. The van der Waals surface area contributed by atoms with Gasteiger partial charge in [0.2, 0.25) is 0 Å². The fourth-order valence-corrected chi connectivity index (χ4v) is 1.76. The zero-order valence-electron chi connectivity index (χ0n) is 9.43. The largest absolute Gasteiger partial charge is 0.396 e. The van der Waals surface area contributed by atoms with Gasteiger partial charge in [-0.3, -0.25) is 0 Å². The van der Waals surface area contributed by atoms with Crippen molar-refractivity contribution >= 4 is 0 Å². The van der Waals surface area contributed by atoms with Crippen molar-refractivity contribution in [1.29, 1.82) is 0 Å². The zero-order chi connectivity index (χ0) is 11.4. The normalized spacial score (nSPS) is 12.4. The van der Waals surface area contributed by atoms with Crippen molar-refractivity contribution in [1.82, 2.24) is 0 Å². The molecular formula is C15H16O. The van der Waals surface area contributed by atoms with Crippen molar-refractivity contribution in [2.45, 2.75) is 12.8 Å². The van der Waals surface area contributed by atoms with E-state index in [1.54, 1.807) is 0 Å². The van der Waals surface area contributed by atoms with Crippen molar-refractivity contribution < 1.29 is 5.11 Å². The molecule has 1 nitrogen and oxygen atoms in total. The molecule has 0 spiro atoms. The smallest absolute Gasteiger partial charge is 0.0497 e. The number of rotatable bonds is 3. The summed E-state index contributed by atoms with van der Waals surface area (Å²) in [7, 11) is 0. The van der Waals surface area contributed by atoms with Crippen LogP contribution in [0.25, 0.3) is 11.1 Å². The fraction of sp³-hybridized carbons (Fsp3) is 0.200. The Morgan fingerprint density at radius 3 is 2.31 bits per heavy atom. The van der Waals surface area contributed by atoms with E-state index in [-0.39, 0.29) is 12.5 Å². The highest BCUT2D eigenvalue weighted by Crippen LogP contribution is 2.23. The predicted molar refractivity (Wildman–Crippen MR) is 67.4 cm³/mol. The van der Waals surface area contributed by atoms with Crippen molar-refractivity contribution in [2.75, 3.05) is 6.61 Å². The summed E-state index contributed by atoms with van der Waals surface area (Å²) < 4.78 is 0. The lowest BCUT2D eigenvalue weighted by Crippen LogP contribution is -1.98. The molecule has 0 amide bonds. The van der Waals surface area contributed by atoms with Crippen molar-refractivity contribution in [3.05, 3.63) is 60.2 Å². The molecule has 1 heteroatoms. The summed E-state index contributed by atoms with van der Waals surface area (Å²) in [5, 5.41) is 9.15. The van der Waals surface area contributed by atoms with Crippen molar-refractivity contribution in [3.63, 3.8) is 0 Å². The highest BCUT2D eigenvalue weighted by atomic mass is 16.3. The average Bonchev–Trinajstić information content (AvgIpc) is 2.39. The van der Waals surface area contributed by atoms with Crippen LogP contribution in [0.3, 0.4) is 0 Å². The zero-order valence-corrected chi connectivity index (χ0v) is 9.43. The number of benzene rings is 2. The van der Waals surface area contributed by atoms with Crippen LogP contribution in [0, 0.1) is 0 Å². The lowest BCUT2D eigenvalue weighted by atomic mass is 9.97. The van der Waals surface area contributed by atoms with E-state index in [2.05, 4.69) is 30.3 Å². The van der Waals surface area contributed by atoms with Gasteiger partial charge in [-0.2, -0.15) is 0 Å². The first-order valence-corrected chi connectivity index (χ1v) is 5.57. The summed E-state index contributed by atoms with van der Waals surface area (Å²) in [5.74, 6) is 0.198. The van der Waals surface area contributed by atoms with Crippen LogP contribution < -0.4 is 0 Å². The maximum Gasteiger partial charge on any atom is 0.0497 e. The predicted octanol–water partition coefficient (Wildman–Crippen LogP) is 3.45. The SMILES string of the molecule is CC(CO)c1cccc(-c2ccccc2)c1. The van der Waals surface area contributed by atoms with Gasteiger partial charge in [-0.15, -0.1) is 0 Å². The van der Waals surface area contributed by atoms with E-state index in [0.717, 1.165) is 0 Å². The molecule has 2 aromatic rings. The van der Waals surface area contributed by atoms with Gasteiger partial charge >= 0.3 is 0 Å². The second-order valence-electron chi connectivity index (χ2n) is 4.08. The van der Waals surface area contributed by atoms with Crippen molar-refractivity contribution in [2.24, 2.45) is 0 Å². The molecule has 0 radical (unpaired) electrons. The standard InChI is InChI=1S/C15H16O/c1-12(11-16)14-8-5-9-15(10-14)13-6-3-2-4-7-13/h2-10,12,16H,11H2,1H3. The van der Waals surface area contributed by atoms with E-state index < -0.39 is 0 Å². The summed E-state index contributed by atoms with van der Waals surface area (Å²) in [6.45, 7) is 2.22. The Kier molecular flexibility index (Phi) is 3.37. The molecule has 0 heterocycles. The Hall–Kier alpha value is -1.60. The van der Waals surface area contributed by atoms with Gasteiger partial charge in [0.15, 0.2) is 0 Å². The number of hydrogen-bond donors (Lipinski definition) is 1. The highest BCUT2D eigenvalue weighted by molar-refractivity contribution is 5.64. The molecule has 0 fully saturated rings. The van der Waals surface area contributed by atoms with Crippen LogP contribution >= 0.6 is 0 Å². The maximum absolute atomic E-state index is 9.15. The molecule has 16 heavy (non-hydrogen) atoms. The Bertz CT molecular complexity index is 448. The average molecular weight is 212 g/mol. The summed E-state index contributed by atoms with van der Waals surface area (Å²) in [5.41, 5.74) is 3.61. The maximum atomic E-state index is 9.15. The molecular weight excluding hydrogens is 196 g/mol. The first-order chi connectivity index (χ1) is 7.81. The third kappa shape index (κ3) is 2.31. The molecule has 0 aliphatic heterocycles. The van der Waals surface area contributed by atoms with Crippen LogP contribution in [0.2, 0.25) is 0 Å². The third-order valence-corrected chi connectivity index (χ3v) is 2.84. The highest BCUT2D eigenvalue weighted by Gasteiger charge is 2.04. The first kappa shape index (κ1) is 10.9. The van der Waals surface area contributed by atoms with Crippen LogP contribution in [0.15, 0.2) is 54.6 Å². The van der Waals surface area contributed by atoms with E-state index in [1.165, 1.54) is 16.7 Å². The van der Waals surface area contributed by atoms with Crippen LogP contribution in [-0.4, -0.2) is 11.7 Å². The van der Waals surface area contributed by atoms with Crippen molar-refractivity contribution in [3.8, 4) is 11.1 Å². The second kappa shape index (κ2) is 4.95. The Balaban J connectivity index is 2.36. The van der Waals surface area contributed by atoms with Crippen LogP contribution in [0.5, 0.6) is 0 Å². The summed E-state index contributed by atoms with van der Waals surface area (Å²) in [6, 6.07) is 18.7. The lowest BCUT2D eigenvalue weighted by molar-refractivity contribution is 0.273. The van der Waals surface area contributed by atoms with E-state index in [1.807, 2.05) is 31.2 Å². The van der Waals surface area contributed by atoms with Crippen LogP contribution in [0.4, 0.5) is 0 Å². The minimum absolute atomic E-state index is 0.193. The Labute approximate surface area is 96.4 Å². The minimum atomic E-state index is 0.193. The molecule has 0 saturated carbocycles. The van der Waals surface area contributed by atoms with E-state index in [9.17, 15) is 0 Å². The molecule has 2 aromatic carbocycles.